The summed E-state index contributed by atoms with van der Waals surface area (Å²) >= 11 is 0. The maximum absolute atomic E-state index is 14.5. The number of fused-ring (bicyclic) bond motifs is 3. The lowest BCUT2D eigenvalue weighted by Crippen LogP contribution is -2.38. The van der Waals surface area contributed by atoms with Gasteiger partial charge in [0.05, 0.1) is 26.7 Å². The van der Waals surface area contributed by atoms with E-state index >= 15 is 0 Å². The van der Waals surface area contributed by atoms with Gasteiger partial charge in [0.15, 0.2) is 11.5 Å². The molecule has 4 aromatic rings. The van der Waals surface area contributed by atoms with Gasteiger partial charge in [-0.05, 0) is 31.0 Å². The highest BCUT2D eigenvalue weighted by Gasteiger charge is 2.28. The highest BCUT2D eigenvalue weighted by molar-refractivity contribution is 5.96. The van der Waals surface area contributed by atoms with Gasteiger partial charge in [0.2, 0.25) is 5.95 Å². The lowest BCUT2D eigenvalue weighted by molar-refractivity contribution is 0.129. The summed E-state index contributed by atoms with van der Waals surface area (Å²) in [7, 11) is 4.62. The van der Waals surface area contributed by atoms with E-state index in [1.807, 2.05) is 12.1 Å². The minimum atomic E-state index is -0.969. The molecule has 11 nitrogen and oxygen atoms in total. The second-order valence-electron chi connectivity index (χ2n) is 8.74. The van der Waals surface area contributed by atoms with Gasteiger partial charge in [0.25, 0.3) is 0 Å². The number of ether oxygens (including phenoxy) is 3. The van der Waals surface area contributed by atoms with Crippen LogP contribution in [0.1, 0.15) is 30.1 Å². The monoisotopic (exact) mass is 510 g/mol. The Balaban J connectivity index is 1.59. The largest absolute Gasteiger partial charge is 0.497 e. The van der Waals surface area contributed by atoms with E-state index in [9.17, 15) is 14.3 Å². The molecule has 0 aliphatic carbocycles. The van der Waals surface area contributed by atoms with E-state index in [0.29, 0.717) is 65.9 Å². The number of carboxylic acid groups (broad SMARTS) is 1. The van der Waals surface area contributed by atoms with E-state index in [1.54, 1.807) is 20.3 Å². The molecule has 1 aliphatic rings. The summed E-state index contributed by atoms with van der Waals surface area (Å²) in [5.74, 6) is 1.74. The fourth-order valence-electron chi connectivity index (χ4n) is 4.64. The number of rotatable bonds is 7. The predicted octanol–water partition coefficient (Wildman–Crippen LogP) is 3.91. The third-order valence-electron chi connectivity index (χ3n) is 6.53. The molecule has 1 amide bonds. The van der Waals surface area contributed by atoms with Gasteiger partial charge in [-0.1, -0.05) is 0 Å². The molecule has 0 bridgehead atoms. The number of methoxy groups -OCH3 is 3. The van der Waals surface area contributed by atoms with Crippen molar-refractivity contribution >= 4 is 28.6 Å². The predicted molar refractivity (Wildman–Crippen MR) is 133 cm³/mol. The Kier molecular flexibility index (Phi) is 6.55. The van der Waals surface area contributed by atoms with Crippen LogP contribution in [0.3, 0.4) is 0 Å². The summed E-state index contributed by atoms with van der Waals surface area (Å²) in [4.78, 5) is 22.4. The highest BCUT2D eigenvalue weighted by atomic mass is 19.1. The number of carbonyl (C=O) groups is 1. The lowest BCUT2D eigenvalue weighted by Gasteiger charge is -2.28. The first-order valence-electron chi connectivity index (χ1n) is 11.8. The molecule has 37 heavy (non-hydrogen) atoms. The van der Waals surface area contributed by atoms with Crippen LogP contribution in [-0.2, 0) is 6.54 Å². The Morgan fingerprint density at radius 3 is 2.68 bits per heavy atom. The number of halogens is 1. The van der Waals surface area contributed by atoms with E-state index in [2.05, 4.69) is 5.32 Å². The third kappa shape index (κ3) is 4.61. The van der Waals surface area contributed by atoms with Gasteiger partial charge in [-0.2, -0.15) is 4.52 Å². The van der Waals surface area contributed by atoms with Gasteiger partial charge in [-0.25, -0.2) is 19.2 Å². The molecule has 194 valence electrons. The van der Waals surface area contributed by atoms with Gasteiger partial charge in [-0.3, -0.25) is 0 Å². The Hall–Kier alpha value is -4.35. The Morgan fingerprint density at radius 2 is 1.95 bits per heavy atom. The molecule has 1 unspecified atom stereocenters. The van der Waals surface area contributed by atoms with Crippen molar-refractivity contribution in [3.05, 3.63) is 47.5 Å². The molecule has 3 heterocycles. The number of hydrogen-bond acceptors (Lipinski definition) is 8. The number of nitrogens with one attached hydrogen (secondary N) is 1. The van der Waals surface area contributed by atoms with Crippen LogP contribution in [0.2, 0.25) is 0 Å². The van der Waals surface area contributed by atoms with Crippen LogP contribution < -0.4 is 19.5 Å². The molecule has 2 N–H and O–H groups in total. The SMILES string of the molecule is COc1ccc(CNc2nc3c(OC)cc(F)cc3c3nc(C4CCCN(C(=O)O)C4)nn23)c(OC)c1. The first kappa shape index (κ1) is 24.3. The third-order valence-corrected chi connectivity index (χ3v) is 6.53. The van der Waals surface area contributed by atoms with Crippen LogP contribution in [-0.4, -0.2) is 70.1 Å². The van der Waals surface area contributed by atoms with Gasteiger partial charge >= 0.3 is 6.09 Å². The van der Waals surface area contributed by atoms with Crippen molar-refractivity contribution in [3.63, 3.8) is 0 Å². The summed E-state index contributed by atoms with van der Waals surface area (Å²) in [5, 5.41) is 17.9. The number of aromatic nitrogens is 4. The quantitative estimate of drug-likeness (QED) is 0.381. The topological polar surface area (TPSA) is 123 Å². The molecule has 0 saturated carbocycles. The first-order chi connectivity index (χ1) is 17.9. The molecule has 5 rings (SSSR count). The second-order valence-corrected chi connectivity index (χ2v) is 8.74. The molecule has 2 aromatic heterocycles. The van der Waals surface area contributed by atoms with Crippen LogP contribution in [0, 0.1) is 5.82 Å². The van der Waals surface area contributed by atoms with Crippen LogP contribution in [0.5, 0.6) is 17.2 Å². The highest BCUT2D eigenvalue weighted by Crippen LogP contribution is 2.33. The smallest absolute Gasteiger partial charge is 0.407 e. The van der Waals surface area contributed by atoms with Crippen LogP contribution in [0.15, 0.2) is 30.3 Å². The van der Waals surface area contributed by atoms with E-state index < -0.39 is 11.9 Å². The number of likely N-dealkylation sites (tertiary alicyclic amines) is 1. The fraction of sp³-hybridized carbons (Fsp3) is 0.360. The molecule has 1 aliphatic heterocycles. The number of amides is 1. The summed E-state index contributed by atoms with van der Waals surface area (Å²) in [6.07, 6.45) is 0.481. The Bertz CT molecular complexity index is 1480. The van der Waals surface area contributed by atoms with Crippen molar-refractivity contribution in [1.82, 2.24) is 24.5 Å². The number of anilines is 1. The van der Waals surface area contributed by atoms with E-state index in [1.165, 1.54) is 28.7 Å². The normalized spacial score (nSPS) is 15.7. The minimum absolute atomic E-state index is 0.190. The van der Waals surface area contributed by atoms with E-state index in [0.717, 1.165) is 12.0 Å². The molecular weight excluding hydrogens is 483 g/mol. The second kappa shape index (κ2) is 9.96. The summed E-state index contributed by atoms with van der Waals surface area (Å²) in [5.41, 5.74) is 1.68. The molecule has 0 spiro atoms. The fourth-order valence-corrected chi connectivity index (χ4v) is 4.64. The Morgan fingerprint density at radius 1 is 1.14 bits per heavy atom. The number of nitrogens with zero attached hydrogens (tertiary/aromatic N) is 5. The maximum atomic E-state index is 14.5. The number of benzene rings is 2. The molecule has 2 aromatic carbocycles. The number of hydrogen-bond donors (Lipinski definition) is 2. The summed E-state index contributed by atoms with van der Waals surface area (Å²) in [6.45, 7) is 1.11. The molecule has 1 saturated heterocycles. The molecule has 1 atom stereocenters. The molecule has 1 fully saturated rings. The average Bonchev–Trinajstić information content (AvgIpc) is 3.37. The van der Waals surface area contributed by atoms with Crippen molar-refractivity contribution < 1.29 is 28.5 Å². The summed E-state index contributed by atoms with van der Waals surface area (Å²) < 4.78 is 32.2. The zero-order valence-corrected chi connectivity index (χ0v) is 20.7. The zero-order chi connectivity index (χ0) is 26.1. The van der Waals surface area contributed by atoms with E-state index in [-0.39, 0.29) is 11.7 Å². The van der Waals surface area contributed by atoms with Gasteiger partial charge in [0, 0.05) is 43.2 Å². The zero-order valence-electron chi connectivity index (χ0n) is 20.7. The maximum Gasteiger partial charge on any atom is 0.407 e. The molecule has 12 heteroatoms. The van der Waals surface area contributed by atoms with Gasteiger partial charge < -0.3 is 29.5 Å². The first-order valence-corrected chi connectivity index (χ1v) is 11.8. The van der Waals surface area contributed by atoms with Crippen LogP contribution >= 0.6 is 0 Å². The standard InChI is InChI=1S/C25H27FN6O5/c1-35-17-7-6-14(19(11-17)36-2)12-27-24-28-21-18(9-16(26)10-20(21)37-3)23-29-22(30-32(23)24)15-5-4-8-31(13-15)25(33)34/h6-7,9-11,15H,4-5,8,12-13H2,1-3H3,(H,27,28)(H,33,34). The van der Waals surface area contributed by atoms with Gasteiger partial charge in [0.1, 0.15) is 28.6 Å². The van der Waals surface area contributed by atoms with Crippen molar-refractivity contribution in [3.8, 4) is 17.2 Å². The Labute approximate surface area is 211 Å². The lowest BCUT2D eigenvalue weighted by atomic mass is 9.98. The van der Waals surface area contributed by atoms with Crippen LogP contribution in [0.4, 0.5) is 15.1 Å². The molecular formula is C25H27FN6O5. The summed E-state index contributed by atoms with van der Waals surface area (Å²) in [6, 6.07) is 8.12. The number of piperidine rings is 1. The van der Waals surface area contributed by atoms with Crippen molar-refractivity contribution in [2.24, 2.45) is 0 Å². The van der Waals surface area contributed by atoms with Gasteiger partial charge in [-0.15, -0.1) is 5.10 Å². The van der Waals surface area contributed by atoms with Crippen molar-refractivity contribution in [2.75, 3.05) is 39.7 Å². The van der Waals surface area contributed by atoms with E-state index in [4.69, 9.17) is 29.3 Å². The minimum Gasteiger partial charge on any atom is -0.497 e. The average molecular weight is 511 g/mol. The van der Waals surface area contributed by atoms with Crippen molar-refractivity contribution in [1.29, 1.82) is 0 Å². The van der Waals surface area contributed by atoms with Crippen LogP contribution in [0.25, 0.3) is 16.6 Å². The van der Waals surface area contributed by atoms with Crippen molar-refractivity contribution in [2.45, 2.75) is 25.3 Å². The molecule has 0 radical (unpaired) electrons.